The van der Waals surface area contributed by atoms with Crippen molar-refractivity contribution in [3.8, 4) is 0 Å². The van der Waals surface area contributed by atoms with Crippen molar-refractivity contribution in [1.82, 2.24) is 19.6 Å². The Labute approximate surface area is 149 Å². The monoisotopic (exact) mass is 361 g/mol. The molecule has 6 nitrogen and oxygen atoms in total. The number of halogens is 2. The first-order valence-corrected chi connectivity index (χ1v) is 8.14. The molecule has 3 aromatic rings. The predicted molar refractivity (Wildman–Crippen MR) is 92.9 cm³/mol. The van der Waals surface area contributed by atoms with E-state index >= 15 is 0 Å². The molecule has 0 fully saturated rings. The molecule has 2 heterocycles. The van der Waals surface area contributed by atoms with Crippen LogP contribution in [-0.4, -0.2) is 25.5 Å². The minimum absolute atomic E-state index is 0.193. The Morgan fingerprint density at radius 1 is 1.24 bits per heavy atom. The Kier molecular flexibility index (Phi) is 5.14. The van der Waals surface area contributed by atoms with E-state index in [0.717, 1.165) is 11.1 Å². The van der Waals surface area contributed by atoms with Crippen molar-refractivity contribution in [2.45, 2.75) is 26.4 Å². The molecule has 2 aromatic heterocycles. The zero-order valence-corrected chi connectivity index (χ0v) is 14.4. The average Bonchev–Trinajstić information content (AvgIpc) is 3.14. The highest BCUT2D eigenvalue weighted by atomic mass is 35.5. The summed E-state index contributed by atoms with van der Waals surface area (Å²) >= 11 is 6.13. The van der Waals surface area contributed by atoms with E-state index in [0.29, 0.717) is 23.9 Å². The molecule has 0 radical (unpaired) electrons. The smallest absolute Gasteiger partial charge is 0.227 e. The van der Waals surface area contributed by atoms with Gasteiger partial charge in [-0.1, -0.05) is 23.7 Å². The first-order valence-electron chi connectivity index (χ1n) is 7.76. The van der Waals surface area contributed by atoms with Crippen LogP contribution in [0.5, 0.6) is 0 Å². The highest BCUT2D eigenvalue weighted by Gasteiger charge is 2.11. The van der Waals surface area contributed by atoms with Gasteiger partial charge in [-0.15, -0.1) is 0 Å². The number of amides is 1. The second kappa shape index (κ2) is 7.48. The number of aryl methyl sites for hydroxylation is 2. The summed E-state index contributed by atoms with van der Waals surface area (Å²) in [6.45, 7) is 2.85. The number of nitrogens with one attached hydrogen (secondary N) is 1. The Bertz CT molecular complexity index is 872. The molecule has 0 unspecified atom stereocenters. The summed E-state index contributed by atoms with van der Waals surface area (Å²) in [5.41, 5.74) is 1.93. The van der Waals surface area contributed by atoms with E-state index in [1.165, 1.54) is 12.1 Å². The van der Waals surface area contributed by atoms with Gasteiger partial charge in [0.25, 0.3) is 0 Å². The first-order chi connectivity index (χ1) is 12.0. The summed E-state index contributed by atoms with van der Waals surface area (Å²) in [6.07, 6.45) is 5.50. The van der Waals surface area contributed by atoms with E-state index in [-0.39, 0.29) is 18.1 Å². The zero-order chi connectivity index (χ0) is 17.8. The molecule has 0 saturated heterocycles. The molecule has 0 atom stereocenters. The summed E-state index contributed by atoms with van der Waals surface area (Å²) < 4.78 is 16.2. The molecular formula is C17H17ClFN5O. The molecule has 0 bridgehead atoms. The van der Waals surface area contributed by atoms with Crippen molar-refractivity contribution in [3.63, 3.8) is 0 Å². The lowest BCUT2D eigenvalue weighted by atomic mass is 10.2. The minimum Gasteiger partial charge on any atom is -0.308 e. The third kappa shape index (κ3) is 4.67. The van der Waals surface area contributed by atoms with Crippen LogP contribution in [0.2, 0.25) is 5.02 Å². The molecular weight excluding hydrogens is 345 g/mol. The molecule has 8 heteroatoms. The van der Waals surface area contributed by atoms with Crippen molar-refractivity contribution in [2.24, 2.45) is 0 Å². The second-order valence-electron chi connectivity index (χ2n) is 5.73. The largest absolute Gasteiger partial charge is 0.308 e. The maximum Gasteiger partial charge on any atom is 0.227 e. The van der Waals surface area contributed by atoms with Gasteiger partial charge in [0.05, 0.1) is 12.7 Å². The van der Waals surface area contributed by atoms with Crippen LogP contribution < -0.4 is 5.32 Å². The van der Waals surface area contributed by atoms with Crippen LogP contribution in [-0.2, 0) is 17.9 Å². The number of hydrogen-bond acceptors (Lipinski definition) is 3. The van der Waals surface area contributed by atoms with Crippen LogP contribution in [0.1, 0.15) is 17.5 Å². The summed E-state index contributed by atoms with van der Waals surface area (Å²) in [7, 11) is 0. The van der Waals surface area contributed by atoms with E-state index in [1.54, 1.807) is 33.9 Å². The summed E-state index contributed by atoms with van der Waals surface area (Å²) in [5, 5.41) is 11.4. The normalized spacial score (nSPS) is 10.8. The number of carbonyl (C=O) groups is 1. The molecule has 0 aliphatic carbocycles. The summed E-state index contributed by atoms with van der Waals surface area (Å²) in [5.74, 6) is -0.171. The predicted octanol–water partition coefficient (Wildman–Crippen LogP) is 3.26. The topological polar surface area (TPSA) is 64.7 Å². The molecule has 1 N–H and O–H groups in total. The van der Waals surface area contributed by atoms with Crippen molar-refractivity contribution in [2.75, 3.05) is 5.32 Å². The van der Waals surface area contributed by atoms with Gasteiger partial charge in [-0.3, -0.25) is 14.2 Å². The number of benzene rings is 1. The quantitative estimate of drug-likeness (QED) is 0.733. The van der Waals surface area contributed by atoms with Gasteiger partial charge < -0.3 is 5.32 Å². The van der Waals surface area contributed by atoms with Gasteiger partial charge in [0.1, 0.15) is 10.8 Å². The Morgan fingerprint density at radius 3 is 2.68 bits per heavy atom. The molecule has 0 aliphatic heterocycles. The second-order valence-corrected chi connectivity index (χ2v) is 6.14. The average molecular weight is 362 g/mol. The number of hydrogen-bond donors (Lipinski definition) is 1. The van der Waals surface area contributed by atoms with E-state index in [2.05, 4.69) is 15.5 Å². The molecule has 3 rings (SSSR count). The van der Waals surface area contributed by atoms with Gasteiger partial charge in [-0.2, -0.15) is 10.2 Å². The van der Waals surface area contributed by atoms with Crippen molar-refractivity contribution >= 4 is 23.3 Å². The van der Waals surface area contributed by atoms with Crippen LogP contribution in [0, 0.1) is 12.7 Å². The van der Waals surface area contributed by atoms with E-state index in [4.69, 9.17) is 11.6 Å². The highest BCUT2D eigenvalue weighted by Crippen LogP contribution is 2.20. The fourth-order valence-corrected chi connectivity index (χ4v) is 2.54. The molecule has 0 spiro atoms. The van der Waals surface area contributed by atoms with Crippen LogP contribution in [0.25, 0.3) is 0 Å². The first kappa shape index (κ1) is 17.2. The van der Waals surface area contributed by atoms with E-state index in [1.807, 2.05) is 13.1 Å². The third-order valence-corrected chi connectivity index (χ3v) is 3.84. The molecule has 0 aliphatic rings. The lowest BCUT2D eigenvalue weighted by Crippen LogP contribution is -2.15. The Morgan fingerprint density at radius 2 is 2.00 bits per heavy atom. The number of rotatable bonds is 6. The Hall–Kier alpha value is -2.67. The molecule has 1 amide bonds. The van der Waals surface area contributed by atoms with E-state index in [9.17, 15) is 9.18 Å². The van der Waals surface area contributed by atoms with Crippen LogP contribution in [0.4, 0.5) is 10.2 Å². The fraction of sp³-hybridized carbons (Fsp3) is 0.235. The number of aromatic nitrogens is 4. The number of carbonyl (C=O) groups excluding carboxylic acids is 1. The van der Waals surface area contributed by atoms with Gasteiger partial charge in [0.2, 0.25) is 5.91 Å². The minimum atomic E-state index is -0.289. The van der Waals surface area contributed by atoms with Crippen LogP contribution >= 0.6 is 11.6 Å². The number of nitrogens with zero attached hydrogens (tertiary/aromatic N) is 4. The maximum atomic E-state index is 12.9. The van der Waals surface area contributed by atoms with Gasteiger partial charge in [0, 0.05) is 25.4 Å². The van der Waals surface area contributed by atoms with Crippen LogP contribution in [0.15, 0.2) is 42.9 Å². The van der Waals surface area contributed by atoms with Crippen molar-refractivity contribution in [1.29, 1.82) is 0 Å². The highest BCUT2D eigenvalue weighted by molar-refractivity contribution is 6.33. The van der Waals surface area contributed by atoms with Crippen LogP contribution in [0.3, 0.4) is 0 Å². The van der Waals surface area contributed by atoms with Crippen molar-refractivity contribution < 1.29 is 9.18 Å². The SMILES string of the molecule is Cc1cnn(CCC(=O)Nc2nn(Cc3ccc(F)cc3)cc2Cl)c1. The molecule has 25 heavy (non-hydrogen) atoms. The fourth-order valence-electron chi connectivity index (χ4n) is 2.34. The summed E-state index contributed by atoms with van der Waals surface area (Å²) in [6, 6.07) is 6.13. The lowest BCUT2D eigenvalue weighted by molar-refractivity contribution is -0.116. The lowest BCUT2D eigenvalue weighted by Gasteiger charge is -2.04. The maximum absolute atomic E-state index is 12.9. The van der Waals surface area contributed by atoms with Gasteiger partial charge in [-0.25, -0.2) is 4.39 Å². The summed E-state index contributed by atoms with van der Waals surface area (Å²) in [4.78, 5) is 12.0. The molecule has 130 valence electrons. The Balaban J connectivity index is 1.58. The van der Waals surface area contributed by atoms with Crippen molar-refractivity contribution in [3.05, 3.63) is 64.8 Å². The van der Waals surface area contributed by atoms with Gasteiger partial charge in [0.15, 0.2) is 5.82 Å². The number of anilines is 1. The third-order valence-electron chi connectivity index (χ3n) is 3.56. The van der Waals surface area contributed by atoms with Gasteiger partial charge >= 0.3 is 0 Å². The molecule has 1 aromatic carbocycles. The van der Waals surface area contributed by atoms with E-state index < -0.39 is 0 Å². The standard InChI is InChI=1S/C17H17ClFN5O/c1-12-8-20-23(9-12)7-6-16(25)21-17-15(18)11-24(22-17)10-13-2-4-14(19)5-3-13/h2-5,8-9,11H,6-7,10H2,1H3,(H,21,22,25). The molecule has 0 saturated carbocycles. The van der Waals surface area contributed by atoms with Gasteiger partial charge in [-0.05, 0) is 30.2 Å². The zero-order valence-electron chi connectivity index (χ0n) is 13.6.